The Balaban J connectivity index is 1.38. The van der Waals surface area contributed by atoms with Gasteiger partial charge in [-0.05, 0) is 23.1 Å². The number of benzene rings is 1. The maximum Gasteiger partial charge on any atom is 0.289 e. The SMILES string of the molecule is CC(C)(C)c1ccc(C(=O)NCCC(=O)NNC(=O)c2csc(N3CCOCC3)n2)cc1. The highest BCUT2D eigenvalue weighted by Crippen LogP contribution is 2.22. The molecule has 2 heterocycles. The molecule has 32 heavy (non-hydrogen) atoms. The van der Waals surface area contributed by atoms with Gasteiger partial charge in [-0.25, -0.2) is 4.98 Å². The van der Waals surface area contributed by atoms with Crippen molar-refractivity contribution in [3.63, 3.8) is 0 Å². The summed E-state index contributed by atoms with van der Waals surface area (Å²) in [7, 11) is 0. The van der Waals surface area contributed by atoms with E-state index in [2.05, 4.69) is 46.8 Å². The minimum atomic E-state index is -0.489. The number of thiazole rings is 1. The predicted molar refractivity (Wildman–Crippen MR) is 123 cm³/mol. The minimum absolute atomic E-state index is 0.0140. The summed E-state index contributed by atoms with van der Waals surface area (Å²) in [5, 5.41) is 5.11. The van der Waals surface area contributed by atoms with E-state index in [0.29, 0.717) is 18.8 Å². The number of anilines is 1. The van der Waals surface area contributed by atoms with Crippen LogP contribution in [-0.2, 0) is 14.9 Å². The van der Waals surface area contributed by atoms with Crippen molar-refractivity contribution in [2.24, 2.45) is 0 Å². The van der Waals surface area contributed by atoms with Gasteiger partial charge in [-0.15, -0.1) is 11.3 Å². The van der Waals surface area contributed by atoms with Crippen LogP contribution < -0.4 is 21.1 Å². The normalized spacial score (nSPS) is 14.0. The Morgan fingerprint density at radius 2 is 1.75 bits per heavy atom. The summed E-state index contributed by atoms with van der Waals surface area (Å²) in [5.74, 6) is -1.15. The number of nitrogens with zero attached hydrogens (tertiary/aromatic N) is 2. The second-order valence-corrected chi connectivity index (χ2v) is 9.29. The molecule has 0 unspecified atom stereocenters. The van der Waals surface area contributed by atoms with E-state index in [0.717, 1.165) is 23.8 Å². The van der Waals surface area contributed by atoms with Crippen molar-refractivity contribution >= 4 is 34.2 Å². The molecule has 9 nitrogen and oxygen atoms in total. The topological polar surface area (TPSA) is 113 Å². The first kappa shape index (κ1) is 23.7. The molecule has 2 aromatic rings. The van der Waals surface area contributed by atoms with Crippen LogP contribution in [0.5, 0.6) is 0 Å². The largest absolute Gasteiger partial charge is 0.378 e. The first-order valence-corrected chi connectivity index (χ1v) is 11.4. The molecule has 0 aliphatic carbocycles. The highest BCUT2D eigenvalue weighted by atomic mass is 32.1. The molecule has 1 fully saturated rings. The molecule has 3 N–H and O–H groups in total. The van der Waals surface area contributed by atoms with Crippen LogP contribution in [0.2, 0.25) is 0 Å². The van der Waals surface area contributed by atoms with E-state index in [-0.39, 0.29) is 30.0 Å². The number of carbonyl (C=O) groups excluding carboxylic acids is 3. The summed E-state index contributed by atoms with van der Waals surface area (Å²) >= 11 is 1.37. The summed E-state index contributed by atoms with van der Waals surface area (Å²) in [5.41, 5.74) is 6.63. The van der Waals surface area contributed by atoms with Crippen molar-refractivity contribution < 1.29 is 19.1 Å². The van der Waals surface area contributed by atoms with Crippen LogP contribution in [0.15, 0.2) is 29.6 Å². The summed E-state index contributed by atoms with van der Waals surface area (Å²) < 4.78 is 5.31. The smallest absolute Gasteiger partial charge is 0.289 e. The van der Waals surface area contributed by atoms with Gasteiger partial charge in [-0.3, -0.25) is 25.2 Å². The van der Waals surface area contributed by atoms with E-state index in [1.807, 2.05) is 12.1 Å². The molecular weight excluding hydrogens is 430 g/mol. The van der Waals surface area contributed by atoms with Gasteiger partial charge >= 0.3 is 0 Å². The summed E-state index contributed by atoms with van der Waals surface area (Å²) in [4.78, 5) is 42.8. The number of carbonyl (C=O) groups is 3. The van der Waals surface area contributed by atoms with Crippen LogP contribution in [-0.4, -0.2) is 55.6 Å². The van der Waals surface area contributed by atoms with Gasteiger partial charge in [0, 0.05) is 37.0 Å². The Morgan fingerprint density at radius 1 is 1.06 bits per heavy atom. The zero-order valence-corrected chi connectivity index (χ0v) is 19.4. The van der Waals surface area contributed by atoms with Crippen molar-refractivity contribution in [2.45, 2.75) is 32.6 Å². The van der Waals surface area contributed by atoms with Gasteiger partial charge in [0.1, 0.15) is 5.69 Å². The standard InChI is InChI=1S/C22H29N5O4S/c1-22(2,3)16-6-4-15(5-7-16)19(29)23-9-8-18(28)25-26-20(30)17-14-32-21(24-17)27-10-12-31-13-11-27/h4-7,14H,8-13H2,1-3H3,(H,23,29)(H,25,28)(H,26,30). The van der Waals surface area contributed by atoms with Gasteiger partial charge in [0.2, 0.25) is 5.91 Å². The number of hydrazine groups is 1. The summed E-state index contributed by atoms with van der Waals surface area (Å²) in [6, 6.07) is 7.41. The second kappa shape index (κ2) is 10.6. The number of aromatic nitrogens is 1. The van der Waals surface area contributed by atoms with Crippen molar-refractivity contribution in [3.8, 4) is 0 Å². The molecule has 0 radical (unpaired) electrons. The molecule has 1 saturated heterocycles. The Morgan fingerprint density at radius 3 is 2.41 bits per heavy atom. The third-order valence-electron chi connectivity index (χ3n) is 4.97. The number of hydrogen-bond donors (Lipinski definition) is 3. The molecule has 172 valence electrons. The zero-order valence-electron chi connectivity index (χ0n) is 18.6. The molecule has 1 aliphatic rings. The number of amides is 3. The molecule has 0 spiro atoms. The Labute approximate surface area is 191 Å². The van der Waals surface area contributed by atoms with Gasteiger partial charge in [0.05, 0.1) is 13.2 Å². The number of morpholine rings is 1. The van der Waals surface area contributed by atoms with Crippen LogP contribution in [0.4, 0.5) is 5.13 Å². The molecule has 1 aromatic carbocycles. The third kappa shape index (κ3) is 6.51. The molecule has 3 rings (SSSR count). The fourth-order valence-electron chi connectivity index (χ4n) is 3.03. The van der Waals surface area contributed by atoms with Gasteiger partial charge in [0.15, 0.2) is 5.13 Å². The lowest BCUT2D eigenvalue weighted by molar-refractivity contribution is -0.121. The van der Waals surface area contributed by atoms with Crippen molar-refractivity contribution in [1.82, 2.24) is 21.2 Å². The fraction of sp³-hybridized carbons (Fsp3) is 0.455. The van der Waals surface area contributed by atoms with Crippen molar-refractivity contribution in [1.29, 1.82) is 0 Å². The zero-order chi connectivity index (χ0) is 23.1. The third-order valence-corrected chi connectivity index (χ3v) is 5.87. The highest BCUT2D eigenvalue weighted by Gasteiger charge is 2.18. The number of nitrogens with one attached hydrogen (secondary N) is 3. The number of hydrogen-bond acceptors (Lipinski definition) is 7. The van der Waals surface area contributed by atoms with Crippen LogP contribution >= 0.6 is 11.3 Å². The maximum absolute atomic E-state index is 12.2. The fourth-order valence-corrected chi connectivity index (χ4v) is 3.89. The molecular formula is C22H29N5O4S. The van der Waals surface area contributed by atoms with Gasteiger partial charge in [-0.2, -0.15) is 0 Å². The van der Waals surface area contributed by atoms with E-state index in [4.69, 9.17) is 4.74 Å². The van der Waals surface area contributed by atoms with Gasteiger partial charge < -0.3 is 15.0 Å². The Bertz CT molecular complexity index is 946. The predicted octanol–water partition coefficient (Wildman–Crippen LogP) is 1.86. The molecule has 0 saturated carbocycles. The molecule has 3 amide bonds. The number of ether oxygens (including phenoxy) is 1. The summed E-state index contributed by atoms with van der Waals surface area (Å²) in [6.45, 7) is 9.21. The van der Waals surface area contributed by atoms with Crippen molar-refractivity contribution in [3.05, 3.63) is 46.5 Å². The van der Waals surface area contributed by atoms with E-state index in [9.17, 15) is 14.4 Å². The molecule has 1 aliphatic heterocycles. The van der Waals surface area contributed by atoms with E-state index < -0.39 is 11.8 Å². The molecule has 0 bridgehead atoms. The van der Waals surface area contributed by atoms with Gasteiger partial charge in [0.25, 0.3) is 11.8 Å². The molecule has 1 aromatic heterocycles. The monoisotopic (exact) mass is 459 g/mol. The van der Waals surface area contributed by atoms with Crippen LogP contribution in [0.1, 0.15) is 53.6 Å². The Kier molecular flexibility index (Phi) is 7.81. The van der Waals surface area contributed by atoms with Crippen LogP contribution in [0.25, 0.3) is 0 Å². The minimum Gasteiger partial charge on any atom is -0.378 e. The van der Waals surface area contributed by atoms with Gasteiger partial charge in [-0.1, -0.05) is 32.9 Å². The summed E-state index contributed by atoms with van der Waals surface area (Å²) in [6.07, 6.45) is 0.0299. The highest BCUT2D eigenvalue weighted by molar-refractivity contribution is 7.13. The van der Waals surface area contributed by atoms with E-state index in [1.54, 1.807) is 17.5 Å². The van der Waals surface area contributed by atoms with E-state index in [1.165, 1.54) is 11.3 Å². The van der Waals surface area contributed by atoms with E-state index >= 15 is 0 Å². The molecule has 0 atom stereocenters. The maximum atomic E-state index is 12.2. The van der Waals surface area contributed by atoms with Crippen molar-refractivity contribution in [2.75, 3.05) is 37.7 Å². The first-order valence-electron chi connectivity index (χ1n) is 10.5. The lowest BCUT2D eigenvalue weighted by atomic mass is 9.87. The first-order chi connectivity index (χ1) is 15.2. The lowest BCUT2D eigenvalue weighted by Crippen LogP contribution is -2.43. The average Bonchev–Trinajstić information content (AvgIpc) is 3.28. The average molecular weight is 460 g/mol. The van der Waals surface area contributed by atoms with Crippen LogP contribution in [0.3, 0.4) is 0 Å². The quantitative estimate of drug-likeness (QED) is 0.569. The van der Waals surface area contributed by atoms with Crippen LogP contribution in [0, 0.1) is 0 Å². The second-order valence-electron chi connectivity index (χ2n) is 8.45. The lowest BCUT2D eigenvalue weighted by Gasteiger charge is -2.25. The Hall–Kier alpha value is -2.98. The number of rotatable bonds is 6. The molecule has 10 heteroatoms.